The van der Waals surface area contributed by atoms with Gasteiger partial charge in [-0.05, 0) is 66.5 Å². The number of nitrogens with zero attached hydrogens (tertiary/aromatic N) is 3. The highest BCUT2D eigenvalue weighted by molar-refractivity contribution is 4.98. The van der Waals surface area contributed by atoms with Crippen molar-refractivity contribution in [3.8, 4) is 0 Å². The van der Waals surface area contributed by atoms with Gasteiger partial charge in [-0.1, -0.05) is 0 Å². The third-order valence-corrected chi connectivity index (χ3v) is 5.10. The van der Waals surface area contributed by atoms with Gasteiger partial charge in [0.05, 0.1) is 0 Å². The fourth-order valence-corrected chi connectivity index (χ4v) is 3.49. The molecule has 2 heterocycles. The maximum Gasteiger partial charge on any atom is 0.0356 e. The van der Waals surface area contributed by atoms with Crippen LogP contribution in [0.5, 0.6) is 0 Å². The smallest absolute Gasteiger partial charge is 0.0356 e. The number of likely N-dealkylation sites (N-methyl/N-ethyl adjacent to an activating group) is 1. The molecule has 4 heteroatoms. The summed E-state index contributed by atoms with van der Waals surface area (Å²) in [6.45, 7) is 5.65. The van der Waals surface area contributed by atoms with Crippen molar-refractivity contribution in [3.05, 3.63) is 0 Å². The lowest BCUT2D eigenvalue weighted by molar-refractivity contribution is -0.00251. The molecule has 0 spiro atoms. The zero-order valence-corrected chi connectivity index (χ0v) is 12.4. The molecule has 2 aliphatic rings. The van der Waals surface area contributed by atoms with Crippen LogP contribution in [0.1, 0.15) is 25.7 Å². The number of hydrogen-bond acceptors (Lipinski definition) is 4. The van der Waals surface area contributed by atoms with Crippen LogP contribution in [0.3, 0.4) is 0 Å². The van der Waals surface area contributed by atoms with Gasteiger partial charge in [0.1, 0.15) is 0 Å². The SMILES string of the molecule is CN1CCC(CN)(N2CCCC(N(C)C)C2)CC1. The third-order valence-electron chi connectivity index (χ3n) is 5.10. The Morgan fingerprint density at radius 3 is 2.44 bits per heavy atom. The van der Waals surface area contributed by atoms with Gasteiger partial charge in [0.15, 0.2) is 0 Å². The molecule has 2 N–H and O–H groups in total. The Morgan fingerprint density at radius 1 is 1.22 bits per heavy atom. The Hall–Kier alpha value is -0.160. The number of likely N-dealkylation sites (tertiary alicyclic amines) is 2. The van der Waals surface area contributed by atoms with Crippen molar-refractivity contribution in [3.63, 3.8) is 0 Å². The van der Waals surface area contributed by atoms with E-state index in [9.17, 15) is 0 Å². The van der Waals surface area contributed by atoms with E-state index in [1.165, 1.54) is 51.9 Å². The molecule has 2 saturated heterocycles. The molecule has 0 aromatic carbocycles. The quantitative estimate of drug-likeness (QED) is 0.792. The van der Waals surface area contributed by atoms with Crippen molar-refractivity contribution in [1.29, 1.82) is 0 Å². The van der Waals surface area contributed by atoms with Gasteiger partial charge in [-0.3, -0.25) is 4.90 Å². The molecule has 18 heavy (non-hydrogen) atoms. The average molecular weight is 254 g/mol. The minimum absolute atomic E-state index is 0.279. The zero-order valence-electron chi connectivity index (χ0n) is 12.4. The molecule has 4 nitrogen and oxygen atoms in total. The van der Waals surface area contributed by atoms with E-state index in [0.717, 1.165) is 6.54 Å². The van der Waals surface area contributed by atoms with Crippen molar-refractivity contribution < 1.29 is 0 Å². The van der Waals surface area contributed by atoms with E-state index in [0.29, 0.717) is 6.04 Å². The Labute approximate surface area is 112 Å². The van der Waals surface area contributed by atoms with Gasteiger partial charge in [0.25, 0.3) is 0 Å². The zero-order chi connectivity index (χ0) is 13.2. The molecule has 0 saturated carbocycles. The molecule has 0 amide bonds. The molecule has 106 valence electrons. The Morgan fingerprint density at radius 2 is 1.89 bits per heavy atom. The first kappa shape index (κ1) is 14.3. The lowest BCUT2D eigenvalue weighted by Gasteiger charge is -2.51. The van der Waals surface area contributed by atoms with Crippen molar-refractivity contribution in [2.24, 2.45) is 5.73 Å². The highest BCUT2D eigenvalue weighted by Crippen LogP contribution is 2.31. The maximum absolute atomic E-state index is 6.16. The lowest BCUT2D eigenvalue weighted by Crippen LogP contribution is -2.62. The van der Waals surface area contributed by atoms with E-state index >= 15 is 0 Å². The van der Waals surface area contributed by atoms with Gasteiger partial charge in [-0.15, -0.1) is 0 Å². The van der Waals surface area contributed by atoms with E-state index in [1.807, 2.05) is 0 Å². The molecule has 0 bridgehead atoms. The van der Waals surface area contributed by atoms with Crippen molar-refractivity contribution in [2.75, 3.05) is 53.9 Å². The minimum atomic E-state index is 0.279. The van der Waals surface area contributed by atoms with Crippen LogP contribution in [-0.2, 0) is 0 Å². The topological polar surface area (TPSA) is 35.7 Å². The van der Waals surface area contributed by atoms with Crippen LogP contribution in [0, 0.1) is 0 Å². The summed E-state index contributed by atoms with van der Waals surface area (Å²) < 4.78 is 0. The predicted octanol–water partition coefficient (Wildman–Crippen LogP) is 0.436. The second kappa shape index (κ2) is 5.87. The number of piperidine rings is 2. The van der Waals surface area contributed by atoms with E-state index in [4.69, 9.17) is 5.73 Å². The standard InChI is InChI=1S/C14H30N4/c1-16(2)13-5-4-8-18(11-13)14(12-15)6-9-17(3)10-7-14/h13H,4-12,15H2,1-3H3. The third kappa shape index (κ3) is 2.87. The molecule has 1 unspecified atom stereocenters. The summed E-state index contributed by atoms with van der Waals surface area (Å²) in [7, 11) is 6.63. The van der Waals surface area contributed by atoms with E-state index in [-0.39, 0.29) is 5.54 Å². The van der Waals surface area contributed by atoms with Crippen LogP contribution in [0.15, 0.2) is 0 Å². The maximum atomic E-state index is 6.16. The highest BCUT2D eigenvalue weighted by atomic mass is 15.3. The van der Waals surface area contributed by atoms with Gasteiger partial charge >= 0.3 is 0 Å². The molecule has 0 aliphatic carbocycles. The van der Waals surface area contributed by atoms with Crippen LogP contribution in [0.4, 0.5) is 0 Å². The molecule has 1 atom stereocenters. The molecular formula is C14H30N4. The summed E-state index contributed by atoms with van der Waals surface area (Å²) >= 11 is 0. The summed E-state index contributed by atoms with van der Waals surface area (Å²) in [6, 6.07) is 0.710. The van der Waals surface area contributed by atoms with Gasteiger partial charge in [-0.2, -0.15) is 0 Å². The number of hydrogen-bond donors (Lipinski definition) is 1. The van der Waals surface area contributed by atoms with Gasteiger partial charge in [0, 0.05) is 24.7 Å². The molecule has 0 radical (unpaired) electrons. The Bertz CT molecular complexity index is 259. The van der Waals surface area contributed by atoms with Crippen LogP contribution in [0.2, 0.25) is 0 Å². The van der Waals surface area contributed by atoms with Crippen LogP contribution >= 0.6 is 0 Å². The van der Waals surface area contributed by atoms with E-state index < -0.39 is 0 Å². The van der Waals surface area contributed by atoms with Crippen molar-refractivity contribution >= 4 is 0 Å². The predicted molar refractivity (Wildman–Crippen MR) is 76.8 cm³/mol. The Balaban J connectivity index is 2.03. The molecule has 2 aliphatic heterocycles. The average Bonchev–Trinajstić information content (AvgIpc) is 2.40. The van der Waals surface area contributed by atoms with Crippen molar-refractivity contribution in [2.45, 2.75) is 37.3 Å². The van der Waals surface area contributed by atoms with Gasteiger partial charge in [-0.25, -0.2) is 0 Å². The van der Waals surface area contributed by atoms with Crippen LogP contribution in [0.25, 0.3) is 0 Å². The summed E-state index contributed by atoms with van der Waals surface area (Å²) in [4.78, 5) is 7.51. The molecule has 2 rings (SSSR count). The van der Waals surface area contributed by atoms with Crippen LogP contribution < -0.4 is 5.73 Å². The number of rotatable bonds is 3. The molecule has 0 aromatic rings. The summed E-state index contributed by atoms with van der Waals surface area (Å²) in [5.74, 6) is 0. The fraction of sp³-hybridized carbons (Fsp3) is 1.00. The normalized spacial score (nSPS) is 30.8. The largest absolute Gasteiger partial charge is 0.329 e. The second-order valence-electron chi connectivity index (χ2n) is 6.44. The summed E-state index contributed by atoms with van der Waals surface area (Å²) in [5.41, 5.74) is 6.44. The van der Waals surface area contributed by atoms with Gasteiger partial charge < -0.3 is 15.5 Å². The van der Waals surface area contributed by atoms with Crippen LogP contribution in [-0.4, -0.2) is 80.1 Å². The Kier molecular flexibility index (Phi) is 4.64. The summed E-state index contributed by atoms with van der Waals surface area (Å²) in [6.07, 6.45) is 5.13. The molecular weight excluding hydrogens is 224 g/mol. The lowest BCUT2D eigenvalue weighted by atomic mass is 9.83. The fourth-order valence-electron chi connectivity index (χ4n) is 3.49. The highest BCUT2D eigenvalue weighted by Gasteiger charge is 2.40. The van der Waals surface area contributed by atoms with E-state index in [1.54, 1.807) is 0 Å². The molecule has 2 fully saturated rings. The second-order valence-corrected chi connectivity index (χ2v) is 6.44. The minimum Gasteiger partial charge on any atom is -0.329 e. The van der Waals surface area contributed by atoms with Gasteiger partial charge in [0.2, 0.25) is 0 Å². The monoisotopic (exact) mass is 254 g/mol. The van der Waals surface area contributed by atoms with Crippen molar-refractivity contribution in [1.82, 2.24) is 14.7 Å². The number of nitrogens with two attached hydrogens (primary N) is 1. The first-order valence-corrected chi connectivity index (χ1v) is 7.37. The van der Waals surface area contributed by atoms with E-state index in [2.05, 4.69) is 35.8 Å². The first-order valence-electron chi connectivity index (χ1n) is 7.37. The molecule has 0 aromatic heterocycles. The summed E-state index contributed by atoms with van der Waals surface area (Å²) in [5, 5.41) is 0. The first-order chi connectivity index (χ1) is 8.57.